The van der Waals surface area contributed by atoms with Gasteiger partial charge in [0, 0.05) is 6.61 Å². The van der Waals surface area contributed by atoms with Crippen LogP contribution in [0.15, 0.2) is 24.3 Å². The lowest BCUT2D eigenvalue weighted by Gasteiger charge is -2.14. The van der Waals surface area contributed by atoms with E-state index in [0.29, 0.717) is 25.7 Å². The first-order chi connectivity index (χ1) is 9.63. The highest BCUT2D eigenvalue weighted by molar-refractivity contribution is 5.25. The Labute approximate surface area is 123 Å². The molecule has 0 aliphatic heterocycles. The molecule has 1 aromatic carbocycles. The summed E-state index contributed by atoms with van der Waals surface area (Å²) in [5, 5.41) is 0. The summed E-state index contributed by atoms with van der Waals surface area (Å²) in [4.78, 5) is 0. The zero-order valence-corrected chi connectivity index (χ0v) is 13.1. The summed E-state index contributed by atoms with van der Waals surface area (Å²) in [7, 11) is 0. The molecule has 0 bridgehead atoms. The third-order valence-electron chi connectivity index (χ3n) is 3.07. The van der Waals surface area contributed by atoms with E-state index >= 15 is 0 Å². The summed E-state index contributed by atoms with van der Waals surface area (Å²) < 4.78 is 10.9. The Morgan fingerprint density at radius 2 is 1.65 bits per heavy atom. The lowest BCUT2D eigenvalue weighted by atomic mass is 10.00. The van der Waals surface area contributed by atoms with E-state index in [4.69, 9.17) is 15.2 Å². The monoisotopic (exact) mass is 279 g/mol. The van der Waals surface area contributed by atoms with Gasteiger partial charge in [0.1, 0.15) is 0 Å². The van der Waals surface area contributed by atoms with Crippen molar-refractivity contribution in [1.29, 1.82) is 0 Å². The number of rotatable bonds is 10. The van der Waals surface area contributed by atoms with Crippen molar-refractivity contribution in [3.05, 3.63) is 35.4 Å². The Bertz CT molecular complexity index is 349. The van der Waals surface area contributed by atoms with Gasteiger partial charge in [-0.3, -0.25) is 0 Å². The van der Waals surface area contributed by atoms with E-state index in [1.165, 1.54) is 5.56 Å². The smallest absolute Gasteiger partial charge is 0.0701 e. The van der Waals surface area contributed by atoms with Crippen LogP contribution in [0.2, 0.25) is 0 Å². The second kappa shape index (κ2) is 9.92. The van der Waals surface area contributed by atoms with Gasteiger partial charge in [-0.1, -0.05) is 45.0 Å². The van der Waals surface area contributed by atoms with Gasteiger partial charge in [0.05, 0.1) is 25.9 Å². The Balaban J connectivity index is 2.27. The molecule has 114 valence electrons. The summed E-state index contributed by atoms with van der Waals surface area (Å²) in [5.41, 5.74) is 8.62. The van der Waals surface area contributed by atoms with Gasteiger partial charge in [-0.25, -0.2) is 0 Å². The summed E-state index contributed by atoms with van der Waals surface area (Å²) >= 11 is 0. The van der Waals surface area contributed by atoms with Crippen LogP contribution in [0, 0.1) is 5.92 Å². The van der Waals surface area contributed by atoms with E-state index in [1.807, 2.05) is 0 Å². The molecule has 0 radical (unpaired) electrons. The molecular weight excluding hydrogens is 250 g/mol. The third kappa shape index (κ3) is 7.04. The van der Waals surface area contributed by atoms with Crippen LogP contribution in [0.3, 0.4) is 0 Å². The molecule has 1 rings (SSSR count). The molecule has 0 heterocycles. The highest BCUT2D eigenvalue weighted by Gasteiger charge is 2.06. The van der Waals surface area contributed by atoms with Gasteiger partial charge in [0.15, 0.2) is 0 Å². The summed E-state index contributed by atoms with van der Waals surface area (Å²) in [5.74, 6) is 0.681. The maximum absolute atomic E-state index is 6.12. The number of nitrogens with two attached hydrogens (primary N) is 1. The van der Waals surface area contributed by atoms with E-state index < -0.39 is 0 Å². The van der Waals surface area contributed by atoms with Gasteiger partial charge in [-0.2, -0.15) is 0 Å². The topological polar surface area (TPSA) is 44.5 Å². The fraction of sp³-hybridized carbons (Fsp3) is 0.647. The zero-order valence-electron chi connectivity index (χ0n) is 13.1. The Morgan fingerprint density at radius 1 is 1.00 bits per heavy atom. The van der Waals surface area contributed by atoms with Gasteiger partial charge < -0.3 is 15.2 Å². The van der Waals surface area contributed by atoms with Gasteiger partial charge in [0.25, 0.3) is 0 Å². The molecule has 3 nitrogen and oxygen atoms in total. The van der Waals surface area contributed by atoms with Crippen molar-refractivity contribution < 1.29 is 9.47 Å². The van der Waals surface area contributed by atoms with Crippen molar-refractivity contribution in [3.8, 4) is 0 Å². The van der Waals surface area contributed by atoms with Crippen LogP contribution in [-0.4, -0.2) is 26.4 Å². The number of hydrogen-bond donors (Lipinski definition) is 1. The molecule has 1 atom stereocenters. The lowest BCUT2D eigenvalue weighted by molar-refractivity contribution is 0.0428. The van der Waals surface area contributed by atoms with Crippen LogP contribution >= 0.6 is 0 Å². The van der Waals surface area contributed by atoms with Gasteiger partial charge >= 0.3 is 0 Å². The SMILES string of the molecule is CCCOCCOCC(N)c1ccc(CC(C)C)cc1. The standard InChI is InChI=1S/C17H29NO2/c1-4-9-19-10-11-20-13-17(18)16-7-5-15(6-8-16)12-14(2)3/h5-8,14,17H,4,9-13,18H2,1-3H3. The third-order valence-corrected chi connectivity index (χ3v) is 3.07. The van der Waals surface area contributed by atoms with E-state index in [0.717, 1.165) is 25.0 Å². The molecule has 0 aliphatic rings. The Hall–Kier alpha value is -0.900. The summed E-state index contributed by atoms with van der Waals surface area (Å²) in [6, 6.07) is 8.49. The maximum Gasteiger partial charge on any atom is 0.0701 e. The highest BCUT2D eigenvalue weighted by atomic mass is 16.5. The van der Waals surface area contributed by atoms with Crippen LogP contribution in [0.1, 0.15) is 44.4 Å². The molecule has 0 amide bonds. The number of hydrogen-bond acceptors (Lipinski definition) is 3. The molecule has 2 N–H and O–H groups in total. The van der Waals surface area contributed by atoms with Crippen LogP contribution in [-0.2, 0) is 15.9 Å². The van der Waals surface area contributed by atoms with E-state index in [-0.39, 0.29) is 6.04 Å². The average molecular weight is 279 g/mol. The minimum absolute atomic E-state index is 0.0609. The normalized spacial score (nSPS) is 12.8. The molecule has 0 aromatic heterocycles. The van der Waals surface area contributed by atoms with Crippen molar-refractivity contribution in [1.82, 2.24) is 0 Å². The molecule has 3 heteroatoms. The van der Waals surface area contributed by atoms with Gasteiger partial charge in [-0.05, 0) is 29.9 Å². The first-order valence-corrected chi connectivity index (χ1v) is 7.63. The summed E-state index contributed by atoms with van der Waals surface area (Å²) in [6.07, 6.45) is 2.16. The fourth-order valence-electron chi connectivity index (χ4n) is 2.04. The molecule has 0 saturated heterocycles. The molecule has 1 aromatic rings. The second-order valence-corrected chi connectivity index (χ2v) is 5.63. The average Bonchev–Trinajstić information content (AvgIpc) is 2.42. The van der Waals surface area contributed by atoms with E-state index in [2.05, 4.69) is 45.0 Å². The van der Waals surface area contributed by atoms with Crippen molar-refractivity contribution in [3.63, 3.8) is 0 Å². The largest absolute Gasteiger partial charge is 0.379 e. The highest BCUT2D eigenvalue weighted by Crippen LogP contribution is 2.14. The molecule has 0 aliphatic carbocycles. The van der Waals surface area contributed by atoms with Crippen molar-refractivity contribution >= 4 is 0 Å². The molecule has 20 heavy (non-hydrogen) atoms. The molecule has 0 spiro atoms. The van der Waals surface area contributed by atoms with Gasteiger partial charge in [0.2, 0.25) is 0 Å². The van der Waals surface area contributed by atoms with Crippen molar-refractivity contribution in [2.45, 2.75) is 39.7 Å². The molecule has 0 fully saturated rings. The molecular formula is C17H29NO2. The maximum atomic E-state index is 6.12. The van der Waals surface area contributed by atoms with Gasteiger partial charge in [-0.15, -0.1) is 0 Å². The lowest BCUT2D eigenvalue weighted by Crippen LogP contribution is -2.18. The molecule has 1 unspecified atom stereocenters. The predicted octanol–water partition coefficient (Wildman–Crippen LogP) is 3.33. The number of benzene rings is 1. The Morgan fingerprint density at radius 3 is 2.25 bits per heavy atom. The fourth-order valence-corrected chi connectivity index (χ4v) is 2.04. The van der Waals surface area contributed by atoms with Crippen molar-refractivity contribution in [2.75, 3.05) is 26.4 Å². The van der Waals surface area contributed by atoms with Crippen LogP contribution in [0.4, 0.5) is 0 Å². The second-order valence-electron chi connectivity index (χ2n) is 5.63. The number of ether oxygens (including phenoxy) is 2. The van der Waals surface area contributed by atoms with Crippen LogP contribution in [0.25, 0.3) is 0 Å². The van der Waals surface area contributed by atoms with E-state index in [9.17, 15) is 0 Å². The Kier molecular flexibility index (Phi) is 8.51. The quantitative estimate of drug-likeness (QED) is 0.668. The molecule has 0 saturated carbocycles. The zero-order chi connectivity index (χ0) is 14.8. The first-order valence-electron chi connectivity index (χ1n) is 7.63. The summed E-state index contributed by atoms with van der Waals surface area (Å²) in [6.45, 7) is 9.15. The van der Waals surface area contributed by atoms with Crippen molar-refractivity contribution in [2.24, 2.45) is 11.7 Å². The van der Waals surface area contributed by atoms with E-state index in [1.54, 1.807) is 0 Å². The predicted molar refractivity (Wildman–Crippen MR) is 83.8 cm³/mol. The first kappa shape index (κ1) is 17.2. The minimum atomic E-state index is -0.0609. The van der Waals surface area contributed by atoms with Crippen LogP contribution in [0.5, 0.6) is 0 Å². The minimum Gasteiger partial charge on any atom is -0.379 e. The van der Waals surface area contributed by atoms with Crippen LogP contribution < -0.4 is 5.73 Å².